The molecule has 19 heavy (non-hydrogen) atoms. The van der Waals surface area contributed by atoms with Crippen LogP contribution in [0, 0.1) is 18.3 Å². The molecule has 4 nitrogen and oxygen atoms in total. The van der Waals surface area contributed by atoms with E-state index in [2.05, 4.69) is 22.4 Å². The van der Waals surface area contributed by atoms with Crippen molar-refractivity contribution < 1.29 is 0 Å². The molecule has 1 N–H and O–H groups in total. The number of imidazole rings is 1. The van der Waals surface area contributed by atoms with Crippen molar-refractivity contribution in [3.8, 4) is 11.8 Å². The molecular formula is C15H16N4. The lowest BCUT2D eigenvalue weighted by atomic mass is 10.1. The lowest BCUT2D eigenvalue weighted by Gasteiger charge is -2.10. The van der Waals surface area contributed by atoms with Gasteiger partial charge in [-0.1, -0.05) is 6.07 Å². The van der Waals surface area contributed by atoms with Crippen LogP contribution < -0.4 is 5.32 Å². The van der Waals surface area contributed by atoms with E-state index in [0.29, 0.717) is 11.6 Å². The highest BCUT2D eigenvalue weighted by Gasteiger charge is 2.20. The third-order valence-corrected chi connectivity index (χ3v) is 3.44. The number of nitrogens with one attached hydrogen (secondary N) is 1. The van der Waals surface area contributed by atoms with Crippen LogP contribution in [-0.4, -0.2) is 15.6 Å². The summed E-state index contributed by atoms with van der Waals surface area (Å²) in [6.07, 6.45) is 6.18. The SMILES string of the molecule is Cc1nccn1-c1ccc(CNC2CC2)cc1C#N. The van der Waals surface area contributed by atoms with Crippen molar-refractivity contribution in [2.24, 2.45) is 0 Å². The van der Waals surface area contributed by atoms with E-state index in [1.54, 1.807) is 6.20 Å². The molecule has 1 saturated carbocycles. The smallest absolute Gasteiger partial charge is 0.110 e. The Labute approximate surface area is 112 Å². The van der Waals surface area contributed by atoms with Gasteiger partial charge >= 0.3 is 0 Å². The molecule has 0 amide bonds. The van der Waals surface area contributed by atoms with Crippen LogP contribution in [0.3, 0.4) is 0 Å². The lowest BCUT2D eigenvalue weighted by molar-refractivity contribution is 0.687. The van der Waals surface area contributed by atoms with Gasteiger partial charge in [0.15, 0.2) is 0 Å². The Morgan fingerprint density at radius 2 is 2.32 bits per heavy atom. The zero-order valence-electron chi connectivity index (χ0n) is 10.9. The monoisotopic (exact) mass is 252 g/mol. The minimum Gasteiger partial charge on any atom is -0.310 e. The van der Waals surface area contributed by atoms with E-state index in [0.717, 1.165) is 23.6 Å². The molecule has 0 radical (unpaired) electrons. The Kier molecular flexibility index (Phi) is 3.06. The van der Waals surface area contributed by atoms with E-state index in [4.69, 9.17) is 0 Å². The topological polar surface area (TPSA) is 53.6 Å². The van der Waals surface area contributed by atoms with Crippen molar-refractivity contribution in [3.63, 3.8) is 0 Å². The summed E-state index contributed by atoms with van der Waals surface area (Å²) >= 11 is 0. The summed E-state index contributed by atoms with van der Waals surface area (Å²) < 4.78 is 1.94. The van der Waals surface area contributed by atoms with Crippen molar-refractivity contribution in [1.82, 2.24) is 14.9 Å². The van der Waals surface area contributed by atoms with Gasteiger partial charge in [-0.3, -0.25) is 0 Å². The Morgan fingerprint density at radius 3 is 2.95 bits per heavy atom. The van der Waals surface area contributed by atoms with Gasteiger partial charge in [0.05, 0.1) is 11.3 Å². The molecule has 0 aliphatic heterocycles. The maximum absolute atomic E-state index is 9.32. The van der Waals surface area contributed by atoms with Crippen LogP contribution in [0.1, 0.15) is 29.8 Å². The van der Waals surface area contributed by atoms with E-state index < -0.39 is 0 Å². The van der Waals surface area contributed by atoms with Gasteiger partial charge in [0.1, 0.15) is 11.9 Å². The van der Waals surface area contributed by atoms with Crippen molar-refractivity contribution in [1.29, 1.82) is 5.26 Å². The van der Waals surface area contributed by atoms with Crippen molar-refractivity contribution >= 4 is 0 Å². The number of nitriles is 1. The van der Waals surface area contributed by atoms with Crippen LogP contribution in [0.25, 0.3) is 5.69 Å². The zero-order chi connectivity index (χ0) is 13.2. The van der Waals surface area contributed by atoms with Crippen molar-refractivity contribution in [2.45, 2.75) is 32.4 Å². The maximum atomic E-state index is 9.32. The Hall–Kier alpha value is -2.12. The molecule has 1 heterocycles. The van der Waals surface area contributed by atoms with Gasteiger partial charge in [0.2, 0.25) is 0 Å². The predicted octanol–water partition coefficient (Wildman–Crippen LogP) is 2.30. The quantitative estimate of drug-likeness (QED) is 0.908. The van der Waals surface area contributed by atoms with Gasteiger partial charge in [-0.15, -0.1) is 0 Å². The van der Waals surface area contributed by atoms with Crippen LogP contribution >= 0.6 is 0 Å². The molecule has 1 aromatic carbocycles. The van der Waals surface area contributed by atoms with Gasteiger partial charge in [0, 0.05) is 25.0 Å². The molecule has 0 bridgehead atoms. The Bertz CT molecular complexity index is 632. The van der Waals surface area contributed by atoms with Crippen LogP contribution in [0.4, 0.5) is 0 Å². The fourth-order valence-electron chi connectivity index (χ4n) is 2.17. The summed E-state index contributed by atoms with van der Waals surface area (Å²) in [6.45, 7) is 2.77. The van der Waals surface area contributed by atoms with E-state index in [9.17, 15) is 5.26 Å². The molecule has 4 heteroatoms. The highest BCUT2D eigenvalue weighted by atomic mass is 15.1. The Balaban J connectivity index is 1.89. The Morgan fingerprint density at radius 1 is 1.47 bits per heavy atom. The average Bonchev–Trinajstić information content (AvgIpc) is 3.17. The maximum Gasteiger partial charge on any atom is 0.110 e. The summed E-state index contributed by atoms with van der Waals surface area (Å²) in [5.74, 6) is 0.889. The predicted molar refractivity (Wildman–Crippen MR) is 72.9 cm³/mol. The van der Waals surface area contributed by atoms with Crippen molar-refractivity contribution in [2.75, 3.05) is 0 Å². The average molecular weight is 252 g/mol. The van der Waals surface area contributed by atoms with Gasteiger partial charge in [0.25, 0.3) is 0 Å². The number of benzene rings is 1. The van der Waals surface area contributed by atoms with Crippen LogP contribution in [0.15, 0.2) is 30.6 Å². The summed E-state index contributed by atoms with van der Waals surface area (Å²) in [5, 5.41) is 12.8. The van der Waals surface area contributed by atoms with Crippen LogP contribution in [0.5, 0.6) is 0 Å². The van der Waals surface area contributed by atoms with Gasteiger partial charge < -0.3 is 9.88 Å². The molecule has 1 aromatic heterocycles. The minimum absolute atomic E-state index is 0.682. The molecule has 1 aliphatic rings. The number of aryl methyl sites for hydroxylation is 1. The van der Waals surface area contributed by atoms with E-state index in [1.165, 1.54) is 12.8 Å². The molecule has 0 spiro atoms. The number of hydrogen-bond donors (Lipinski definition) is 1. The van der Waals surface area contributed by atoms with Gasteiger partial charge in [-0.2, -0.15) is 5.26 Å². The molecule has 2 aromatic rings. The first-order valence-electron chi connectivity index (χ1n) is 6.54. The van der Waals surface area contributed by atoms with E-state index in [1.807, 2.05) is 29.8 Å². The number of aromatic nitrogens is 2. The third-order valence-electron chi connectivity index (χ3n) is 3.44. The third kappa shape index (κ3) is 2.51. The first-order chi connectivity index (χ1) is 9.28. The first kappa shape index (κ1) is 11.9. The van der Waals surface area contributed by atoms with Gasteiger partial charge in [-0.05, 0) is 37.5 Å². The van der Waals surface area contributed by atoms with Crippen molar-refractivity contribution in [3.05, 3.63) is 47.5 Å². The zero-order valence-corrected chi connectivity index (χ0v) is 10.9. The van der Waals surface area contributed by atoms with E-state index >= 15 is 0 Å². The highest BCUT2D eigenvalue weighted by molar-refractivity contribution is 5.51. The molecule has 3 rings (SSSR count). The van der Waals surface area contributed by atoms with Gasteiger partial charge in [-0.25, -0.2) is 4.98 Å². The summed E-state index contributed by atoms with van der Waals surface area (Å²) in [5.41, 5.74) is 2.74. The molecule has 1 aliphatic carbocycles. The first-order valence-corrected chi connectivity index (χ1v) is 6.54. The number of hydrogen-bond acceptors (Lipinski definition) is 3. The summed E-state index contributed by atoms with van der Waals surface area (Å²) in [6, 6.07) is 8.99. The standard InChI is InChI=1S/C15H16N4/c1-11-17-6-7-19(11)15-5-2-12(8-13(15)9-16)10-18-14-3-4-14/h2,5-8,14,18H,3-4,10H2,1H3. The highest BCUT2D eigenvalue weighted by Crippen LogP contribution is 2.21. The second-order valence-electron chi connectivity index (χ2n) is 4.96. The lowest BCUT2D eigenvalue weighted by Crippen LogP contribution is -2.15. The molecule has 0 atom stereocenters. The largest absolute Gasteiger partial charge is 0.310 e. The number of rotatable bonds is 4. The fourth-order valence-corrected chi connectivity index (χ4v) is 2.17. The molecule has 96 valence electrons. The number of nitrogens with zero attached hydrogens (tertiary/aromatic N) is 3. The normalized spacial score (nSPS) is 14.3. The van der Waals surface area contributed by atoms with Crippen LogP contribution in [-0.2, 0) is 6.54 Å². The van der Waals surface area contributed by atoms with Crippen LogP contribution in [0.2, 0.25) is 0 Å². The molecule has 0 unspecified atom stereocenters. The summed E-state index contributed by atoms with van der Waals surface area (Å²) in [7, 11) is 0. The fraction of sp³-hybridized carbons (Fsp3) is 0.333. The summed E-state index contributed by atoms with van der Waals surface area (Å²) in [4.78, 5) is 4.20. The molecular weight excluding hydrogens is 236 g/mol. The molecule has 0 saturated heterocycles. The minimum atomic E-state index is 0.682. The molecule has 1 fully saturated rings. The second-order valence-corrected chi connectivity index (χ2v) is 4.96. The van der Waals surface area contributed by atoms with E-state index in [-0.39, 0.29) is 0 Å². The second kappa shape index (κ2) is 4.87.